The average molecular weight is 276 g/mol. The van der Waals surface area contributed by atoms with E-state index in [1.54, 1.807) is 0 Å². The van der Waals surface area contributed by atoms with E-state index in [1.807, 2.05) is 0 Å². The van der Waals surface area contributed by atoms with E-state index in [-0.39, 0.29) is 13.1 Å². The van der Waals surface area contributed by atoms with Gasteiger partial charge in [-0.15, -0.1) is 0 Å². The number of nitrogens with two attached hydrogens (primary N) is 1. The van der Waals surface area contributed by atoms with Crippen LogP contribution in [0.5, 0.6) is 0 Å². The fourth-order valence-corrected chi connectivity index (χ4v) is 2.23. The lowest BCUT2D eigenvalue weighted by atomic mass is 10.1. The molecule has 1 atom stereocenters. The molecular formula is C14H32N2O3. The molecule has 0 spiro atoms. The van der Waals surface area contributed by atoms with Crippen LogP contribution in [0, 0.1) is 5.21 Å². The Morgan fingerprint density at radius 2 is 1.32 bits per heavy atom. The first kappa shape index (κ1) is 18.8. The number of aliphatic hydroxyl groups is 2. The Balaban J connectivity index is 3.26. The maximum Gasteiger partial charge on any atom is 0.204 e. The van der Waals surface area contributed by atoms with Crippen molar-refractivity contribution >= 4 is 0 Å². The highest BCUT2D eigenvalue weighted by Crippen LogP contribution is 2.11. The van der Waals surface area contributed by atoms with Crippen LogP contribution in [-0.2, 0) is 0 Å². The molecule has 0 rings (SSSR count). The summed E-state index contributed by atoms with van der Waals surface area (Å²) in [5.41, 5.74) is 0. The predicted octanol–water partition coefficient (Wildman–Crippen LogP) is 2.41. The molecule has 0 aliphatic carbocycles. The summed E-state index contributed by atoms with van der Waals surface area (Å²) < 4.78 is -1.05. The molecule has 0 radical (unpaired) electrons. The first-order valence-electron chi connectivity index (χ1n) is 7.70. The number of rotatable bonds is 13. The molecule has 0 amide bonds. The van der Waals surface area contributed by atoms with E-state index in [1.165, 1.54) is 44.9 Å². The van der Waals surface area contributed by atoms with Gasteiger partial charge in [-0.05, 0) is 12.8 Å². The average Bonchev–Trinajstić information content (AvgIpc) is 2.30. The van der Waals surface area contributed by atoms with Crippen LogP contribution >= 0.6 is 0 Å². The standard InChI is InChI=1S/C14H32N2O3/c1-2-3-4-5-6-7-8-9-10-11-12-16(15,19)13-14(17)18/h14,17-18H,2-13,15H2,1H3. The molecule has 116 valence electrons. The van der Waals surface area contributed by atoms with Gasteiger partial charge in [-0.1, -0.05) is 58.3 Å². The fourth-order valence-electron chi connectivity index (χ4n) is 2.23. The lowest BCUT2D eigenvalue weighted by Crippen LogP contribution is -2.53. The smallest absolute Gasteiger partial charge is 0.204 e. The summed E-state index contributed by atoms with van der Waals surface area (Å²) in [7, 11) is 0. The minimum atomic E-state index is -1.62. The molecule has 0 aromatic rings. The van der Waals surface area contributed by atoms with Crippen molar-refractivity contribution < 1.29 is 15.0 Å². The van der Waals surface area contributed by atoms with E-state index in [0.717, 1.165) is 19.3 Å². The van der Waals surface area contributed by atoms with Crippen molar-refractivity contribution in [3.63, 3.8) is 0 Å². The summed E-state index contributed by atoms with van der Waals surface area (Å²) in [5, 5.41) is 29.0. The Hall–Kier alpha value is -0.200. The van der Waals surface area contributed by atoms with Crippen LogP contribution in [0.2, 0.25) is 0 Å². The predicted molar refractivity (Wildman–Crippen MR) is 77.6 cm³/mol. The molecule has 0 aliphatic heterocycles. The first-order chi connectivity index (χ1) is 8.98. The van der Waals surface area contributed by atoms with E-state index in [0.29, 0.717) is 0 Å². The molecule has 5 nitrogen and oxygen atoms in total. The number of hydroxylamine groups is 2. The fraction of sp³-hybridized carbons (Fsp3) is 1.00. The molecule has 5 heteroatoms. The van der Waals surface area contributed by atoms with Gasteiger partial charge in [0.1, 0.15) is 6.54 Å². The maximum atomic E-state index is 11.5. The van der Waals surface area contributed by atoms with E-state index in [2.05, 4.69) is 6.92 Å². The quantitative estimate of drug-likeness (QED) is 0.158. The van der Waals surface area contributed by atoms with Gasteiger partial charge in [0.15, 0.2) is 0 Å². The van der Waals surface area contributed by atoms with Crippen LogP contribution in [-0.4, -0.2) is 34.3 Å². The summed E-state index contributed by atoms with van der Waals surface area (Å²) in [6.45, 7) is 2.13. The minimum Gasteiger partial charge on any atom is -0.612 e. The zero-order chi connectivity index (χ0) is 14.6. The Bertz CT molecular complexity index is 199. The normalized spacial score (nSPS) is 14.8. The zero-order valence-corrected chi connectivity index (χ0v) is 12.4. The molecule has 0 saturated carbocycles. The monoisotopic (exact) mass is 276 g/mol. The van der Waals surface area contributed by atoms with Crippen molar-refractivity contribution in [2.45, 2.75) is 77.4 Å². The molecule has 0 aromatic carbocycles. The SMILES string of the molecule is CCCCCCCCCCCC[N+](N)([O-])CC(O)O. The number of hydrogen-bond acceptors (Lipinski definition) is 4. The Morgan fingerprint density at radius 3 is 1.74 bits per heavy atom. The zero-order valence-electron chi connectivity index (χ0n) is 12.4. The van der Waals surface area contributed by atoms with Gasteiger partial charge < -0.3 is 15.4 Å². The summed E-state index contributed by atoms with van der Waals surface area (Å²) in [4.78, 5) is 0. The Morgan fingerprint density at radius 1 is 0.895 bits per heavy atom. The van der Waals surface area contributed by atoms with Gasteiger partial charge in [0.25, 0.3) is 0 Å². The highest BCUT2D eigenvalue weighted by molar-refractivity contribution is 4.48. The Kier molecular flexibility index (Phi) is 11.5. The second kappa shape index (κ2) is 11.6. The second-order valence-electron chi connectivity index (χ2n) is 5.52. The molecule has 0 saturated heterocycles. The Labute approximate surface area is 117 Å². The highest BCUT2D eigenvalue weighted by Gasteiger charge is 2.15. The summed E-state index contributed by atoms with van der Waals surface area (Å²) >= 11 is 0. The van der Waals surface area contributed by atoms with E-state index in [9.17, 15) is 5.21 Å². The van der Waals surface area contributed by atoms with Crippen LogP contribution in [0.4, 0.5) is 0 Å². The van der Waals surface area contributed by atoms with E-state index >= 15 is 0 Å². The lowest BCUT2D eigenvalue weighted by molar-refractivity contribution is -0.898. The van der Waals surface area contributed by atoms with Crippen molar-refractivity contribution in [3.05, 3.63) is 5.21 Å². The topological polar surface area (TPSA) is 89.5 Å². The molecule has 0 bridgehead atoms. The van der Waals surface area contributed by atoms with Gasteiger partial charge in [-0.3, -0.25) is 4.76 Å². The van der Waals surface area contributed by atoms with Gasteiger partial charge in [0, 0.05) is 0 Å². The van der Waals surface area contributed by atoms with Gasteiger partial charge >= 0.3 is 0 Å². The molecule has 0 aromatic heterocycles. The third-order valence-corrected chi connectivity index (χ3v) is 3.36. The number of quaternary nitrogens is 1. The minimum absolute atomic E-state index is 0.258. The van der Waals surface area contributed by atoms with Crippen molar-refractivity contribution in [3.8, 4) is 0 Å². The summed E-state index contributed by atoms with van der Waals surface area (Å²) in [6, 6.07) is 0. The third kappa shape index (κ3) is 14.0. The largest absolute Gasteiger partial charge is 0.612 e. The molecule has 19 heavy (non-hydrogen) atoms. The van der Waals surface area contributed by atoms with Gasteiger partial charge in [0.2, 0.25) is 6.29 Å². The number of aliphatic hydroxyl groups excluding tert-OH is 1. The molecule has 4 N–H and O–H groups in total. The molecule has 0 aliphatic rings. The molecule has 1 unspecified atom stereocenters. The number of unbranched alkanes of at least 4 members (excludes halogenated alkanes) is 9. The number of nitrogens with zero attached hydrogens (tertiary/aromatic N) is 1. The number of hydrogen-bond donors (Lipinski definition) is 3. The van der Waals surface area contributed by atoms with Gasteiger partial charge in [-0.2, -0.15) is 5.84 Å². The van der Waals surface area contributed by atoms with Crippen LogP contribution in [0.25, 0.3) is 0 Å². The van der Waals surface area contributed by atoms with Crippen LogP contribution in [0.3, 0.4) is 0 Å². The van der Waals surface area contributed by atoms with Crippen LogP contribution in [0.1, 0.15) is 71.1 Å². The maximum absolute atomic E-state index is 11.5. The summed E-state index contributed by atoms with van der Waals surface area (Å²) in [6.07, 6.45) is 10.4. The van der Waals surface area contributed by atoms with E-state index < -0.39 is 11.0 Å². The molecule has 0 fully saturated rings. The third-order valence-electron chi connectivity index (χ3n) is 3.36. The van der Waals surface area contributed by atoms with Crippen molar-refractivity contribution in [2.24, 2.45) is 5.84 Å². The molecule has 0 heterocycles. The van der Waals surface area contributed by atoms with Crippen LogP contribution in [0.15, 0.2) is 0 Å². The van der Waals surface area contributed by atoms with Gasteiger partial charge in [0.05, 0.1) is 6.54 Å². The summed E-state index contributed by atoms with van der Waals surface area (Å²) in [5.74, 6) is 5.39. The van der Waals surface area contributed by atoms with Crippen LogP contribution < -0.4 is 5.84 Å². The first-order valence-corrected chi connectivity index (χ1v) is 7.70. The molecular weight excluding hydrogens is 244 g/mol. The van der Waals surface area contributed by atoms with E-state index in [4.69, 9.17) is 16.1 Å². The highest BCUT2D eigenvalue weighted by atomic mass is 16.6. The van der Waals surface area contributed by atoms with Gasteiger partial charge in [-0.25, -0.2) is 0 Å². The second-order valence-corrected chi connectivity index (χ2v) is 5.52. The van der Waals surface area contributed by atoms with Crippen molar-refractivity contribution in [2.75, 3.05) is 13.1 Å². The lowest BCUT2D eigenvalue weighted by Gasteiger charge is -2.36. The van der Waals surface area contributed by atoms with Crippen molar-refractivity contribution in [1.29, 1.82) is 0 Å². The van der Waals surface area contributed by atoms with Crippen molar-refractivity contribution in [1.82, 2.24) is 0 Å².